The molecular formula is C22H20Cl2N2O. The molecule has 1 N–H and O–H groups in total. The van der Waals surface area contributed by atoms with Crippen molar-refractivity contribution in [3.8, 4) is 5.75 Å². The Morgan fingerprint density at radius 2 is 1.70 bits per heavy atom. The van der Waals surface area contributed by atoms with Gasteiger partial charge in [-0.15, -0.1) is 0 Å². The first kappa shape index (κ1) is 19.3. The molecule has 138 valence electrons. The SMILES string of the molecule is Cc1ccc(C)c(COc2ccc(C=NNc3ccc(Cl)c(Cl)c3)cc2)c1. The van der Waals surface area contributed by atoms with Crippen molar-refractivity contribution >= 4 is 35.1 Å². The first-order valence-corrected chi connectivity index (χ1v) is 9.30. The zero-order chi connectivity index (χ0) is 19.2. The number of hydrazone groups is 1. The minimum absolute atomic E-state index is 0.488. The number of hydrogen-bond donors (Lipinski definition) is 1. The summed E-state index contributed by atoms with van der Waals surface area (Å²) >= 11 is 11.9. The second-order valence-electron chi connectivity index (χ2n) is 6.29. The van der Waals surface area contributed by atoms with Gasteiger partial charge in [0.25, 0.3) is 0 Å². The van der Waals surface area contributed by atoms with Crippen LogP contribution in [0.3, 0.4) is 0 Å². The van der Waals surface area contributed by atoms with Gasteiger partial charge in [-0.2, -0.15) is 5.10 Å². The van der Waals surface area contributed by atoms with Gasteiger partial charge >= 0.3 is 0 Å². The predicted molar refractivity (Wildman–Crippen MR) is 114 cm³/mol. The van der Waals surface area contributed by atoms with Gasteiger partial charge in [-0.25, -0.2) is 0 Å². The fourth-order valence-corrected chi connectivity index (χ4v) is 2.81. The van der Waals surface area contributed by atoms with Gasteiger partial charge < -0.3 is 4.74 Å². The Morgan fingerprint density at radius 1 is 0.926 bits per heavy atom. The number of halogens is 2. The average Bonchev–Trinajstić information content (AvgIpc) is 2.66. The largest absolute Gasteiger partial charge is 0.489 e. The van der Waals surface area contributed by atoms with E-state index in [1.54, 1.807) is 18.3 Å². The lowest BCUT2D eigenvalue weighted by molar-refractivity contribution is 0.305. The number of aryl methyl sites for hydroxylation is 2. The highest BCUT2D eigenvalue weighted by molar-refractivity contribution is 6.42. The summed E-state index contributed by atoms with van der Waals surface area (Å²) in [6.45, 7) is 4.74. The number of benzene rings is 3. The minimum Gasteiger partial charge on any atom is -0.489 e. The number of rotatable bonds is 6. The number of anilines is 1. The predicted octanol–water partition coefficient (Wildman–Crippen LogP) is 6.64. The van der Waals surface area contributed by atoms with Gasteiger partial charge in [0.1, 0.15) is 12.4 Å². The van der Waals surface area contributed by atoms with Crippen LogP contribution in [0.5, 0.6) is 5.75 Å². The van der Waals surface area contributed by atoms with Crippen LogP contribution in [0.4, 0.5) is 5.69 Å². The highest BCUT2D eigenvalue weighted by atomic mass is 35.5. The summed E-state index contributed by atoms with van der Waals surface area (Å²) in [7, 11) is 0. The van der Waals surface area contributed by atoms with Crippen LogP contribution in [0.1, 0.15) is 22.3 Å². The molecule has 0 aliphatic carbocycles. The van der Waals surface area contributed by atoms with Gasteiger partial charge in [-0.1, -0.05) is 47.0 Å². The maximum Gasteiger partial charge on any atom is 0.119 e. The van der Waals surface area contributed by atoms with Crippen LogP contribution in [0.15, 0.2) is 65.8 Å². The molecule has 0 aromatic heterocycles. The van der Waals surface area contributed by atoms with E-state index in [0.29, 0.717) is 16.7 Å². The van der Waals surface area contributed by atoms with Crippen molar-refractivity contribution in [1.29, 1.82) is 0 Å². The van der Waals surface area contributed by atoms with E-state index in [-0.39, 0.29) is 0 Å². The van der Waals surface area contributed by atoms with Crippen molar-refractivity contribution in [3.05, 3.63) is 93.0 Å². The maximum atomic E-state index is 5.98. The molecule has 5 heteroatoms. The van der Waals surface area contributed by atoms with Crippen molar-refractivity contribution in [1.82, 2.24) is 0 Å². The van der Waals surface area contributed by atoms with Gasteiger partial charge in [0.15, 0.2) is 0 Å². The van der Waals surface area contributed by atoms with E-state index in [2.05, 4.69) is 42.6 Å². The second-order valence-corrected chi connectivity index (χ2v) is 7.10. The molecule has 0 radical (unpaired) electrons. The molecule has 3 nitrogen and oxygen atoms in total. The molecule has 0 heterocycles. The van der Waals surface area contributed by atoms with Crippen molar-refractivity contribution in [3.63, 3.8) is 0 Å². The van der Waals surface area contributed by atoms with Gasteiger partial charge in [-0.3, -0.25) is 5.43 Å². The fourth-order valence-electron chi connectivity index (χ4n) is 2.51. The van der Waals surface area contributed by atoms with Crippen LogP contribution < -0.4 is 10.2 Å². The quantitative estimate of drug-likeness (QED) is 0.373. The third-order valence-corrected chi connectivity index (χ3v) is 4.84. The molecule has 0 saturated heterocycles. The van der Waals surface area contributed by atoms with Crippen molar-refractivity contribution in [2.75, 3.05) is 5.43 Å². The van der Waals surface area contributed by atoms with Gasteiger partial charge in [0.05, 0.1) is 21.9 Å². The lowest BCUT2D eigenvalue weighted by Crippen LogP contribution is -1.98. The first-order chi connectivity index (χ1) is 13.0. The summed E-state index contributed by atoms with van der Waals surface area (Å²) in [6, 6.07) is 19.4. The highest BCUT2D eigenvalue weighted by Crippen LogP contribution is 2.25. The molecule has 0 bridgehead atoms. The summed E-state index contributed by atoms with van der Waals surface area (Å²) in [6.07, 6.45) is 1.73. The maximum absolute atomic E-state index is 5.98. The molecule has 3 aromatic carbocycles. The Hall–Kier alpha value is -2.49. The smallest absolute Gasteiger partial charge is 0.119 e. The van der Waals surface area contributed by atoms with Crippen LogP contribution in [0, 0.1) is 13.8 Å². The molecule has 0 aliphatic heterocycles. The topological polar surface area (TPSA) is 33.6 Å². The normalized spacial score (nSPS) is 11.0. The van der Waals surface area contributed by atoms with Crippen molar-refractivity contribution < 1.29 is 4.74 Å². The molecule has 3 aromatic rings. The molecule has 0 aliphatic rings. The Bertz CT molecular complexity index is 953. The van der Waals surface area contributed by atoms with Crippen LogP contribution in [0.25, 0.3) is 0 Å². The van der Waals surface area contributed by atoms with E-state index in [4.69, 9.17) is 27.9 Å². The molecule has 3 rings (SSSR count). The molecule has 0 unspecified atom stereocenters. The van der Waals surface area contributed by atoms with Gasteiger partial charge in [-0.05, 0) is 73.0 Å². The lowest BCUT2D eigenvalue weighted by Gasteiger charge is -2.10. The third-order valence-electron chi connectivity index (χ3n) is 4.11. The van der Waals surface area contributed by atoms with Crippen LogP contribution >= 0.6 is 23.2 Å². The summed E-state index contributed by atoms with van der Waals surface area (Å²) in [5.74, 6) is 0.825. The highest BCUT2D eigenvalue weighted by Gasteiger charge is 2.01. The van der Waals surface area contributed by atoms with E-state index in [1.807, 2.05) is 30.3 Å². The molecule has 0 spiro atoms. The molecule has 0 amide bonds. The Balaban J connectivity index is 1.56. The molecular weight excluding hydrogens is 379 g/mol. The van der Waals surface area contributed by atoms with E-state index >= 15 is 0 Å². The fraction of sp³-hybridized carbons (Fsp3) is 0.136. The van der Waals surface area contributed by atoms with Crippen LogP contribution in [0.2, 0.25) is 10.0 Å². The van der Waals surface area contributed by atoms with Crippen molar-refractivity contribution in [2.45, 2.75) is 20.5 Å². The Kier molecular flexibility index (Phi) is 6.38. The molecule has 27 heavy (non-hydrogen) atoms. The van der Waals surface area contributed by atoms with E-state index < -0.39 is 0 Å². The molecule has 0 fully saturated rings. The first-order valence-electron chi connectivity index (χ1n) is 8.54. The molecule has 0 saturated carbocycles. The van der Waals surface area contributed by atoms with Gasteiger partial charge in [0, 0.05) is 0 Å². The number of hydrogen-bond acceptors (Lipinski definition) is 3. The van der Waals surface area contributed by atoms with Crippen molar-refractivity contribution in [2.24, 2.45) is 5.10 Å². The van der Waals surface area contributed by atoms with Crippen LogP contribution in [-0.2, 0) is 6.61 Å². The van der Waals surface area contributed by atoms with E-state index in [0.717, 1.165) is 17.0 Å². The average molecular weight is 399 g/mol. The molecule has 0 atom stereocenters. The van der Waals surface area contributed by atoms with Gasteiger partial charge in [0.2, 0.25) is 0 Å². The zero-order valence-corrected chi connectivity index (χ0v) is 16.7. The number of ether oxygens (including phenoxy) is 1. The minimum atomic E-state index is 0.488. The van der Waals surface area contributed by atoms with E-state index in [9.17, 15) is 0 Å². The number of nitrogens with zero attached hydrogens (tertiary/aromatic N) is 1. The summed E-state index contributed by atoms with van der Waals surface area (Å²) in [4.78, 5) is 0. The third kappa shape index (κ3) is 5.49. The Morgan fingerprint density at radius 3 is 2.44 bits per heavy atom. The van der Waals surface area contributed by atoms with Crippen LogP contribution in [-0.4, -0.2) is 6.21 Å². The zero-order valence-electron chi connectivity index (χ0n) is 15.2. The lowest BCUT2D eigenvalue weighted by atomic mass is 10.1. The monoisotopic (exact) mass is 398 g/mol. The summed E-state index contributed by atoms with van der Waals surface area (Å²) in [5, 5.41) is 5.21. The van der Waals surface area contributed by atoms with E-state index in [1.165, 1.54) is 16.7 Å². The number of nitrogens with one attached hydrogen (secondary N) is 1. The summed E-state index contributed by atoms with van der Waals surface area (Å²) < 4.78 is 5.89. The second kappa shape index (κ2) is 8.94. The summed E-state index contributed by atoms with van der Waals surface area (Å²) in [5.41, 5.74) is 8.33. The Labute approximate surface area is 169 Å². The standard InChI is InChI=1S/C22H20Cl2N2O/c1-15-3-4-16(2)18(11-15)14-27-20-8-5-17(6-9-20)13-25-26-19-7-10-21(23)22(24)12-19/h3-13,26H,14H2,1-2H3.